The fourth-order valence-corrected chi connectivity index (χ4v) is 3.12. The Kier molecular flexibility index (Phi) is 3.80. The quantitative estimate of drug-likeness (QED) is 0.848. The van der Waals surface area contributed by atoms with Crippen LogP contribution in [0.15, 0.2) is 27.5 Å². The normalized spacial score (nSPS) is 10.6. The molecule has 7 heteroatoms. The van der Waals surface area contributed by atoms with Gasteiger partial charge in [0.2, 0.25) is 0 Å². The van der Waals surface area contributed by atoms with Crippen molar-refractivity contribution >= 4 is 28.8 Å². The molecule has 0 fully saturated rings. The molecule has 0 unspecified atom stereocenters. The number of aromatic nitrogens is 3. The van der Waals surface area contributed by atoms with E-state index in [4.69, 9.17) is 5.73 Å². The summed E-state index contributed by atoms with van der Waals surface area (Å²) in [6.07, 6.45) is 1.66. The lowest BCUT2D eigenvalue weighted by molar-refractivity contribution is 0.736. The first-order valence-electron chi connectivity index (χ1n) is 5.04. The van der Waals surface area contributed by atoms with Crippen molar-refractivity contribution < 1.29 is 0 Å². The van der Waals surface area contributed by atoms with Crippen molar-refractivity contribution in [1.82, 2.24) is 14.8 Å². The minimum absolute atomic E-state index is 0.0340. The third-order valence-electron chi connectivity index (χ3n) is 2.07. The van der Waals surface area contributed by atoms with Crippen LogP contribution in [0, 0.1) is 6.92 Å². The van der Waals surface area contributed by atoms with Crippen LogP contribution < -0.4 is 11.3 Å². The fraction of sp³-hybridized carbons (Fsp3) is 0.300. The number of pyridine rings is 1. The standard InChI is InChI=1S/C10H12N4OS2/c1-7-12-13-10(17-7)16-5-4-14-6-8(11)2-3-9(14)15/h2-3,6H,4-5,11H2,1H3. The monoisotopic (exact) mass is 268 g/mol. The molecule has 2 rings (SSSR count). The molecule has 2 N–H and O–H groups in total. The summed E-state index contributed by atoms with van der Waals surface area (Å²) >= 11 is 3.15. The van der Waals surface area contributed by atoms with Crippen LogP contribution in [0.3, 0.4) is 0 Å². The van der Waals surface area contributed by atoms with E-state index >= 15 is 0 Å². The van der Waals surface area contributed by atoms with Gasteiger partial charge in [-0.1, -0.05) is 23.1 Å². The summed E-state index contributed by atoms with van der Waals surface area (Å²) in [5.41, 5.74) is 6.19. The number of nitrogens with two attached hydrogens (primary N) is 1. The number of nitrogens with zero attached hydrogens (tertiary/aromatic N) is 3. The van der Waals surface area contributed by atoms with Gasteiger partial charge in [0.25, 0.3) is 5.56 Å². The largest absolute Gasteiger partial charge is 0.398 e. The average molecular weight is 268 g/mol. The number of rotatable bonds is 4. The fourth-order valence-electron chi connectivity index (χ4n) is 1.29. The molecule has 0 saturated heterocycles. The van der Waals surface area contributed by atoms with Crippen molar-refractivity contribution in [3.8, 4) is 0 Å². The van der Waals surface area contributed by atoms with Gasteiger partial charge >= 0.3 is 0 Å². The van der Waals surface area contributed by atoms with Crippen LogP contribution in [0.5, 0.6) is 0 Å². The maximum absolute atomic E-state index is 11.5. The predicted molar refractivity (Wildman–Crippen MR) is 70.5 cm³/mol. The molecule has 0 aliphatic heterocycles. The zero-order chi connectivity index (χ0) is 12.3. The smallest absolute Gasteiger partial charge is 0.250 e. The van der Waals surface area contributed by atoms with E-state index in [1.807, 2.05) is 6.92 Å². The summed E-state index contributed by atoms with van der Waals surface area (Å²) in [6.45, 7) is 2.54. The van der Waals surface area contributed by atoms with Gasteiger partial charge in [0.1, 0.15) is 5.01 Å². The second-order valence-corrected chi connectivity index (χ2v) is 5.95. The lowest BCUT2D eigenvalue weighted by Crippen LogP contribution is -2.19. The number of nitrogen functional groups attached to an aromatic ring is 1. The first-order chi connectivity index (χ1) is 8.15. The third-order valence-corrected chi connectivity index (χ3v) is 4.02. The molecule has 0 spiro atoms. The Morgan fingerprint density at radius 2 is 2.29 bits per heavy atom. The van der Waals surface area contributed by atoms with E-state index in [9.17, 15) is 4.79 Å². The van der Waals surface area contributed by atoms with E-state index < -0.39 is 0 Å². The summed E-state index contributed by atoms with van der Waals surface area (Å²) in [6, 6.07) is 3.09. The Hall–Kier alpha value is -1.34. The molecule has 5 nitrogen and oxygen atoms in total. The first-order valence-corrected chi connectivity index (χ1v) is 6.84. The number of hydrogen-bond donors (Lipinski definition) is 1. The molecule has 0 radical (unpaired) electrons. The molecule has 0 aliphatic carbocycles. The molecule has 90 valence electrons. The van der Waals surface area contributed by atoms with Crippen LogP contribution >= 0.6 is 23.1 Å². The lowest BCUT2D eigenvalue weighted by Gasteiger charge is -2.04. The summed E-state index contributed by atoms with van der Waals surface area (Å²) in [4.78, 5) is 11.5. The van der Waals surface area contributed by atoms with E-state index in [-0.39, 0.29) is 5.56 Å². The Morgan fingerprint density at radius 3 is 3.00 bits per heavy atom. The number of hydrogen-bond acceptors (Lipinski definition) is 6. The highest BCUT2D eigenvalue weighted by Gasteiger charge is 2.02. The van der Waals surface area contributed by atoms with Crippen molar-refractivity contribution in [2.75, 3.05) is 11.5 Å². The van der Waals surface area contributed by atoms with E-state index in [2.05, 4.69) is 10.2 Å². The van der Waals surface area contributed by atoms with Crippen LogP contribution in [0.4, 0.5) is 5.69 Å². The second kappa shape index (κ2) is 5.33. The van der Waals surface area contributed by atoms with Gasteiger partial charge in [-0.25, -0.2) is 0 Å². The summed E-state index contributed by atoms with van der Waals surface area (Å²) in [7, 11) is 0. The third kappa shape index (κ3) is 3.31. The molecule has 2 aromatic rings. The van der Waals surface area contributed by atoms with Gasteiger partial charge in [0.05, 0.1) is 0 Å². The van der Waals surface area contributed by atoms with Gasteiger partial charge in [-0.15, -0.1) is 10.2 Å². The first kappa shape index (κ1) is 12.1. The molecule has 0 atom stereocenters. The highest BCUT2D eigenvalue weighted by molar-refractivity contribution is 8.01. The maximum Gasteiger partial charge on any atom is 0.250 e. The average Bonchev–Trinajstić information content (AvgIpc) is 2.69. The zero-order valence-electron chi connectivity index (χ0n) is 9.29. The topological polar surface area (TPSA) is 73.8 Å². The van der Waals surface area contributed by atoms with Crippen molar-refractivity contribution in [2.45, 2.75) is 17.8 Å². The van der Waals surface area contributed by atoms with Crippen molar-refractivity contribution in [2.24, 2.45) is 0 Å². The molecular formula is C10H12N4OS2. The molecule has 0 saturated carbocycles. The Labute approximate surface area is 107 Å². The van der Waals surface area contributed by atoms with Crippen molar-refractivity contribution in [3.05, 3.63) is 33.7 Å². The van der Waals surface area contributed by atoms with Crippen LogP contribution in [0.1, 0.15) is 5.01 Å². The molecule has 2 heterocycles. The molecule has 0 bridgehead atoms. The van der Waals surface area contributed by atoms with Gasteiger partial charge < -0.3 is 10.3 Å². The van der Waals surface area contributed by atoms with Gasteiger partial charge in [-0.05, 0) is 13.0 Å². The number of anilines is 1. The van der Waals surface area contributed by atoms with E-state index in [0.717, 1.165) is 15.1 Å². The van der Waals surface area contributed by atoms with E-state index in [0.29, 0.717) is 12.2 Å². The number of thioether (sulfide) groups is 1. The molecule has 2 aromatic heterocycles. The predicted octanol–water partition coefficient (Wildman–Crippen LogP) is 1.38. The number of aryl methyl sites for hydroxylation is 2. The lowest BCUT2D eigenvalue weighted by atomic mass is 10.4. The van der Waals surface area contributed by atoms with Gasteiger partial charge in [0, 0.05) is 30.2 Å². The van der Waals surface area contributed by atoms with E-state index in [1.54, 1.807) is 39.9 Å². The molecule has 0 amide bonds. The molecule has 0 aliphatic rings. The highest BCUT2D eigenvalue weighted by Crippen LogP contribution is 2.21. The maximum atomic E-state index is 11.5. The second-order valence-electron chi connectivity index (χ2n) is 3.43. The Morgan fingerprint density at radius 1 is 1.47 bits per heavy atom. The zero-order valence-corrected chi connectivity index (χ0v) is 10.9. The summed E-state index contributed by atoms with van der Waals surface area (Å²) < 4.78 is 2.54. The van der Waals surface area contributed by atoms with Crippen molar-refractivity contribution in [1.29, 1.82) is 0 Å². The van der Waals surface area contributed by atoms with Gasteiger partial charge in [-0.2, -0.15) is 0 Å². The Bertz CT molecular complexity index is 563. The van der Waals surface area contributed by atoms with Gasteiger partial charge in [-0.3, -0.25) is 4.79 Å². The SMILES string of the molecule is Cc1nnc(SCCn2cc(N)ccc2=O)s1. The van der Waals surface area contributed by atoms with E-state index in [1.165, 1.54) is 6.07 Å². The minimum Gasteiger partial charge on any atom is -0.398 e. The summed E-state index contributed by atoms with van der Waals surface area (Å²) in [5.74, 6) is 0.776. The van der Waals surface area contributed by atoms with Crippen LogP contribution in [0.25, 0.3) is 0 Å². The summed E-state index contributed by atoms with van der Waals surface area (Å²) in [5, 5.41) is 8.89. The minimum atomic E-state index is -0.0340. The van der Waals surface area contributed by atoms with Crippen LogP contribution in [0.2, 0.25) is 0 Å². The highest BCUT2D eigenvalue weighted by atomic mass is 32.2. The van der Waals surface area contributed by atoms with Crippen LogP contribution in [-0.4, -0.2) is 20.5 Å². The molecule has 0 aromatic carbocycles. The van der Waals surface area contributed by atoms with Gasteiger partial charge in [0.15, 0.2) is 4.34 Å². The molecular weight excluding hydrogens is 256 g/mol. The molecule has 17 heavy (non-hydrogen) atoms. The van der Waals surface area contributed by atoms with Crippen molar-refractivity contribution in [3.63, 3.8) is 0 Å². The Balaban J connectivity index is 1.94. The van der Waals surface area contributed by atoms with Crippen LogP contribution in [-0.2, 0) is 6.54 Å².